The van der Waals surface area contributed by atoms with Crippen molar-refractivity contribution in [1.29, 1.82) is 0 Å². The van der Waals surface area contributed by atoms with Gasteiger partial charge in [-0.1, -0.05) is 0 Å². The van der Waals surface area contributed by atoms with Crippen LogP contribution in [-0.2, 0) is 15.7 Å². The molecule has 0 saturated carbocycles. The Bertz CT molecular complexity index is 620. The van der Waals surface area contributed by atoms with Gasteiger partial charge in [0.15, 0.2) is 0 Å². The quantitative estimate of drug-likeness (QED) is 0.838. The number of carbonyl (C=O) groups is 1. The molecule has 0 spiro atoms. The number of morpholine rings is 1. The Balaban J connectivity index is 2.29. The summed E-state index contributed by atoms with van der Waals surface area (Å²) in [7, 11) is 1.51. The van der Waals surface area contributed by atoms with Crippen molar-refractivity contribution in [2.45, 2.75) is 38.7 Å². The van der Waals surface area contributed by atoms with Crippen LogP contribution in [0.4, 0.5) is 13.2 Å². The Morgan fingerprint density at radius 1 is 1.46 bits per heavy atom. The highest BCUT2D eigenvalue weighted by molar-refractivity contribution is 5.92. The number of rotatable bonds is 3. The van der Waals surface area contributed by atoms with E-state index in [9.17, 15) is 18.0 Å². The number of halogens is 3. The molecule has 2 rings (SSSR count). The van der Waals surface area contributed by atoms with Crippen molar-refractivity contribution in [3.63, 3.8) is 0 Å². The predicted molar refractivity (Wildman–Crippen MR) is 78.5 cm³/mol. The first-order chi connectivity index (χ1) is 11.0. The molecule has 0 N–H and O–H groups in total. The molecule has 0 bridgehead atoms. The lowest BCUT2D eigenvalue weighted by Gasteiger charge is -2.42. The zero-order valence-corrected chi connectivity index (χ0v) is 14.0. The molecule has 0 radical (unpaired) electrons. The second-order valence-electron chi connectivity index (χ2n) is 6.36. The number of carbonyl (C=O) groups excluding carboxylic acids is 1. The molecule has 1 aliphatic heterocycles. The molecule has 6 nitrogen and oxygen atoms in total. The number of aryl methyl sites for hydroxylation is 1. The van der Waals surface area contributed by atoms with E-state index in [0.29, 0.717) is 0 Å². The van der Waals surface area contributed by atoms with E-state index in [2.05, 4.69) is 9.97 Å². The number of amides is 1. The van der Waals surface area contributed by atoms with E-state index in [1.807, 2.05) is 13.8 Å². The van der Waals surface area contributed by atoms with Crippen LogP contribution < -0.4 is 0 Å². The SMILES string of the molecule is COC[C@H]1CN(C(=O)c2cc(C)nc(C(F)(F)F)n2)CC(C)(C)O1. The highest BCUT2D eigenvalue weighted by Gasteiger charge is 2.38. The normalized spacial score (nSPS) is 21.0. The lowest BCUT2D eigenvalue weighted by Crippen LogP contribution is -2.55. The lowest BCUT2D eigenvalue weighted by atomic mass is 10.0. The largest absolute Gasteiger partial charge is 0.451 e. The van der Waals surface area contributed by atoms with Gasteiger partial charge in [0.1, 0.15) is 5.69 Å². The zero-order valence-electron chi connectivity index (χ0n) is 14.0. The number of methoxy groups -OCH3 is 1. The molecule has 1 fully saturated rings. The maximum Gasteiger partial charge on any atom is 0.451 e. The van der Waals surface area contributed by atoms with Crippen molar-refractivity contribution in [2.24, 2.45) is 0 Å². The highest BCUT2D eigenvalue weighted by Crippen LogP contribution is 2.27. The molecular formula is C15H20F3N3O3. The van der Waals surface area contributed by atoms with Crippen molar-refractivity contribution in [1.82, 2.24) is 14.9 Å². The Morgan fingerprint density at radius 3 is 2.71 bits per heavy atom. The summed E-state index contributed by atoms with van der Waals surface area (Å²) in [6, 6.07) is 1.26. The predicted octanol–water partition coefficient (Wildman–Crippen LogP) is 2.07. The fourth-order valence-electron chi connectivity index (χ4n) is 2.69. The van der Waals surface area contributed by atoms with Crippen LogP contribution in [0, 0.1) is 6.92 Å². The molecule has 0 unspecified atom stereocenters. The van der Waals surface area contributed by atoms with Gasteiger partial charge in [-0.3, -0.25) is 4.79 Å². The third-order valence-corrected chi connectivity index (χ3v) is 3.45. The van der Waals surface area contributed by atoms with Crippen LogP contribution in [0.1, 0.15) is 35.9 Å². The van der Waals surface area contributed by atoms with Crippen LogP contribution in [0.5, 0.6) is 0 Å². The van der Waals surface area contributed by atoms with Crippen LogP contribution in [0.25, 0.3) is 0 Å². The summed E-state index contributed by atoms with van der Waals surface area (Å²) < 4.78 is 49.4. The highest BCUT2D eigenvalue weighted by atomic mass is 19.4. The van der Waals surface area contributed by atoms with Crippen LogP contribution >= 0.6 is 0 Å². The monoisotopic (exact) mass is 347 g/mol. The van der Waals surface area contributed by atoms with Gasteiger partial charge in [-0.2, -0.15) is 13.2 Å². The number of aromatic nitrogens is 2. The number of alkyl halides is 3. The summed E-state index contributed by atoms with van der Waals surface area (Å²) in [5, 5.41) is 0. The van der Waals surface area contributed by atoms with Gasteiger partial charge in [-0.05, 0) is 26.8 Å². The molecule has 1 aromatic rings. The minimum Gasteiger partial charge on any atom is -0.382 e. The molecule has 24 heavy (non-hydrogen) atoms. The second-order valence-corrected chi connectivity index (χ2v) is 6.36. The van der Waals surface area contributed by atoms with E-state index in [1.165, 1.54) is 25.0 Å². The van der Waals surface area contributed by atoms with E-state index in [1.54, 1.807) is 0 Å². The van der Waals surface area contributed by atoms with Crippen molar-refractivity contribution >= 4 is 5.91 Å². The third-order valence-electron chi connectivity index (χ3n) is 3.45. The molecule has 2 heterocycles. The second kappa shape index (κ2) is 6.64. The molecule has 1 aliphatic rings. The van der Waals surface area contributed by atoms with Gasteiger partial charge >= 0.3 is 6.18 Å². The summed E-state index contributed by atoms with van der Waals surface area (Å²) in [5.41, 5.74) is -0.822. The van der Waals surface area contributed by atoms with Crippen molar-refractivity contribution in [3.8, 4) is 0 Å². The fourth-order valence-corrected chi connectivity index (χ4v) is 2.69. The minimum atomic E-state index is -4.70. The average Bonchev–Trinajstić information content (AvgIpc) is 2.43. The summed E-state index contributed by atoms with van der Waals surface area (Å²) >= 11 is 0. The molecule has 1 amide bonds. The van der Waals surface area contributed by atoms with E-state index >= 15 is 0 Å². The average molecular weight is 347 g/mol. The third kappa shape index (κ3) is 4.41. The first kappa shape index (κ1) is 18.6. The van der Waals surface area contributed by atoms with Crippen molar-refractivity contribution < 1.29 is 27.4 Å². The molecule has 0 aliphatic carbocycles. The summed E-state index contributed by atoms with van der Waals surface area (Å²) in [6.07, 6.45) is -5.06. The molecule has 1 saturated heterocycles. The standard InChI is InChI=1S/C15H20F3N3O3/c1-9-5-11(20-13(19-9)15(16,17)18)12(22)21-6-10(7-23-4)24-14(2,3)8-21/h5,10H,6-8H2,1-4H3/t10-/m1/s1. The van der Waals surface area contributed by atoms with Crippen LogP contribution in [0.2, 0.25) is 0 Å². The van der Waals surface area contributed by atoms with Crippen LogP contribution in [0.15, 0.2) is 6.07 Å². The van der Waals surface area contributed by atoms with E-state index in [4.69, 9.17) is 9.47 Å². The van der Waals surface area contributed by atoms with Gasteiger partial charge in [0.25, 0.3) is 5.91 Å². The first-order valence-corrected chi connectivity index (χ1v) is 7.41. The van der Waals surface area contributed by atoms with Crippen LogP contribution in [0.3, 0.4) is 0 Å². The lowest BCUT2D eigenvalue weighted by molar-refractivity contribution is -0.146. The number of ether oxygens (including phenoxy) is 2. The first-order valence-electron chi connectivity index (χ1n) is 7.41. The van der Waals surface area contributed by atoms with E-state index in [-0.39, 0.29) is 37.2 Å². The molecule has 0 aromatic carbocycles. The molecular weight excluding hydrogens is 327 g/mol. The number of hydrogen-bond acceptors (Lipinski definition) is 5. The van der Waals surface area contributed by atoms with Crippen LogP contribution in [-0.4, -0.2) is 59.3 Å². The van der Waals surface area contributed by atoms with Gasteiger partial charge in [0.05, 0.1) is 18.3 Å². The Labute approximate surface area is 138 Å². The Morgan fingerprint density at radius 2 is 2.12 bits per heavy atom. The van der Waals surface area contributed by atoms with Crippen molar-refractivity contribution in [3.05, 3.63) is 23.3 Å². The maximum atomic E-state index is 12.9. The molecule has 134 valence electrons. The minimum absolute atomic E-state index is 0.0848. The smallest absolute Gasteiger partial charge is 0.382 e. The summed E-state index contributed by atoms with van der Waals surface area (Å²) in [4.78, 5) is 20.8. The fraction of sp³-hybridized carbons (Fsp3) is 0.667. The Kier molecular flexibility index (Phi) is 5.14. The summed E-state index contributed by atoms with van der Waals surface area (Å²) in [5.74, 6) is -1.89. The molecule has 9 heteroatoms. The number of nitrogens with zero attached hydrogens (tertiary/aromatic N) is 3. The number of hydrogen-bond donors (Lipinski definition) is 0. The zero-order chi connectivity index (χ0) is 18.1. The van der Waals surface area contributed by atoms with Crippen molar-refractivity contribution in [2.75, 3.05) is 26.8 Å². The van der Waals surface area contributed by atoms with Gasteiger partial charge in [-0.25, -0.2) is 9.97 Å². The Hall–Kier alpha value is -1.74. The van der Waals surface area contributed by atoms with Gasteiger partial charge < -0.3 is 14.4 Å². The summed E-state index contributed by atoms with van der Waals surface area (Å²) in [6.45, 7) is 5.76. The van der Waals surface area contributed by atoms with Gasteiger partial charge in [0, 0.05) is 25.9 Å². The van der Waals surface area contributed by atoms with Gasteiger partial charge in [-0.15, -0.1) is 0 Å². The topological polar surface area (TPSA) is 64.5 Å². The van der Waals surface area contributed by atoms with E-state index in [0.717, 1.165) is 0 Å². The van der Waals surface area contributed by atoms with Gasteiger partial charge in [0.2, 0.25) is 5.82 Å². The van der Waals surface area contributed by atoms with E-state index < -0.39 is 23.5 Å². The molecule has 1 atom stereocenters. The molecule has 1 aromatic heterocycles. The maximum absolute atomic E-state index is 12.9.